The predicted octanol–water partition coefficient (Wildman–Crippen LogP) is 3.43. The predicted molar refractivity (Wildman–Crippen MR) is 125 cm³/mol. The average Bonchev–Trinajstić information content (AvgIpc) is 3.09. The van der Waals surface area contributed by atoms with Gasteiger partial charge in [0.15, 0.2) is 0 Å². The maximum atomic E-state index is 13.6. The summed E-state index contributed by atoms with van der Waals surface area (Å²) in [6, 6.07) is 5.63. The van der Waals surface area contributed by atoms with Gasteiger partial charge in [0, 0.05) is 33.0 Å². The summed E-state index contributed by atoms with van der Waals surface area (Å²) in [6.45, 7) is 1.56. The van der Waals surface area contributed by atoms with Gasteiger partial charge in [-0.3, -0.25) is 14.5 Å². The van der Waals surface area contributed by atoms with Crippen molar-refractivity contribution in [3.63, 3.8) is 0 Å². The molecule has 1 aliphatic carbocycles. The van der Waals surface area contributed by atoms with Crippen molar-refractivity contribution < 1.29 is 23.5 Å². The van der Waals surface area contributed by atoms with E-state index in [4.69, 9.17) is 4.74 Å². The lowest BCUT2D eigenvalue weighted by Crippen LogP contribution is -2.58. The maximum Gasteiger partial charge on any atom is 0.325 e. The number of carbonyl (C=O) groups is 3. The Morgan fingerprint density at radius 2 is 1.91 bits per heavy atom. The van der Waals surface area contributed by atoms with E-state index >= 15 is 0 Å². The van der Waals surface area contributed by atoms with Gasteiger partial charge in [0.2, 0.25) is 5.91 Å². The van der Waals surface area contributed by atoms with Gasteiger partial charge in [-0.2, -0.15) is 0 Å². The molecule has 7 nitrogen and oxygen atoms in total. The molecule has 0 aromatic heterocycles. The number of piperidine rings is 1. The van der Waals surface area contributed by atoms with Gasteiger partial charge in [-0.15, -0.1) is 0 Å². The van der Waals surface area contributed by atoms with Gasteiger partial charge in [0.25, 0.3) is 5.91 Å². The van der Waals surface area contributed by atoms with Crippen LogP contribution in [-0.2, 0) is 20.7 Å². The number of allylic oxidation sites excluding steroid dienone is 1. The molecule has 2 fully saturated rings. The summed E-state index contributed by atoms with van der Waals surface area (Å²) in [5.41, 5.74) is 0.911. The normalized spacial score (nSPS) is 23.8. The van der Waals surface area contributed by atoms with Gasteiger partial charge in [0.1, 0.15) is 11.4 Å². The lowest BCUT2D eigenvalue weighted by Gasteiger charge is -2.41. The molecular formula is C26H34FN3O4. The van der Waals surface area contributed by atoms with Crippen LogP contribution in [0.3, 0.4) is 0 Å². The Morgan fingerprint density at radius 1 is 1.18 bits per heavy atom. The van der Waals surface area contributed by atoms with Crippen molar-refractivity contribution in [1.29, 1.82) is 0 Å². The Labute approximate surface area is 200 Å². The number of imide groups is 1. The Kier molecular flexibility index (Phi) is 7.66. The van der Waals surface area contributed by atoms with E-state index in [1.807, 2.05) is 4.90 Å². The van der Waals surface area contributed by atoms with E-state index in [0.29, 0.717) is 32.4 Å². The van der Waals surface area contributed by atoms with Crippen LogP contribution < -0.4 is 5.32 Å². The minimum atomic E-state index is -1.11. The van der Waals surface area contributed by atoms with Crippen molar-refractivity contribution >= 4 is 17.8 Å². The minimum absolute atomic E-state index is 0.125. The lowest BCUT2D eigenvalue weighted by atomic mass is 9.73. The Morgan fingerprint density at radius 3 is 2.56 bits per heavy atom. The summed E-state index contributed by atoms with van der Waals surface area (Å²) in [6.07, 6.45) is 8.60. The van der Waals surface area contributed by atoms with Crippen molar-refractivity contribution in [3.8, 4) is 0 Å². The first kappa shape index (κ1) is 24.4. The number of hydrogen-bond donors (Lipinski definition) is 1. The standard InChI is InChI=1S/C26H34FN3O4/c1-34-16-15-30-24(32)26(28-25(30)33,18-20-7-9-22(27)10-8-20)21-11-13-29(14-12-21)23(31)17-19-5-3-2-4-6-19/h5,7-10,21H,2-4,6,11-18H2,1H3,(H,28,33). The number of rotatable bonds is 8. The second-order valence-corrected chi connectivity index (χ2v) is 9.59. The smallest absolute Gasteiger partial charge is 0.325 e. The molecule has 8 heteroatoms. The highest BCUT2D eigenvalue weighted by molar-refractivity contribution is 6.07. The monoisotopic (exact) mass is 471 g/mol. The third-order valence-electron chi connectivity index (χ3n) is 7.43. The molecule has 1 aromatic carbocycles. The number of carbonyl (C=O) groups excluding carboxylic acids is 3. The fraction of sp³-hybridized carbons (Fsp3) is 0.577. The Hall–Kier alpha value is -2.74. The molecular weight excluding hydrogens is 437 g/mol. The SMILES string of the molecule is COCCN1C(=O)NC(Cc2ccc(F)cc2)(C2CCN(C(=O)CC3=CCCCC3)CC2)C1=O. The van der Waals surface area contributed by atoms with E-state index in [1.165, 1.54) is 36.1 Å². The second-order valence-electron chi connectivity index (χ2n) is 9.59. The largest absolute Gasteiger partial charge is 0.383 e. The van der Waals surface area contributed by atoms with Crippen LogP contribution >= 0.6 is 0 Å². The molecule has 3 aliphatic rings. The zero-order valence-electron chi connectivity index (χ0n) is 19.9. The second kappa shape index (κ2) is 10.7. The molecule has 1 atom stereocenters. The fourth-order valence-corrected chi connectivity index (χ4v) is 5.49. The van der Waals surface area contributed by atoms with Gasteiger partial charge in [0.05, 0.1) is 13.2 Å². The number of hydrogen-bond acceptors (Lipinski definition) is 4. The van der Waals surface area contributed by atoms with Gasteiger partial charge in [-0.25, -0.2) is 9.18 Å². The topological polar surface area (TPSA) is 79.0 Å². The van der Waals surface area contributed by atoms with E-state index in [-0.39, 0.29) is 43.1 Å². The van der Waals surface area contributed by atoms with Crippen molar-refractivity contribution in [2.24, 2.45) is 5.92 Å². The minimum Gasteiger partial charge on any atom is -0.383 e. The summed E-state index contributed by atoms with van der Waals surface area (Å²) < 4.78 is 18.6. The van der Waals surface area contributed by atoms with Crippen LogP contribution in [0.1, 0.15) is 50.5 Å². The number of urea groups is 1. The van der Waals surface area contributed by atoms with Crippen molar-refractivity contribution in [1.82, 2.24) is 15.1 Å². The van der Waals surface area contributed by atoms with Crippen LogP contribution in [-0.4, -0.2) is 66.5 Å². The maximum absolute atomic E-state index is 13.6. The zero-order valence-corrected chi connectivity index (χ0v) is 19.9. The number of halogens is 1. The first-order valence-corrected chi connectivity index (χ1v) is 12.3. The van der Waals surface area contributed by atoms with Crippen LogP contribution in [0, 0.1) is 11.7 Å². The summed E-state index contributed by atoms with van der Waals surface area (Å²) in [4.78, 5) is 42.4. The average molecular weight is 472 g/mol. The molecule has 4 amide bonds. The molecule has 0 bridgehead atoms. The summed E-state index contributed by atoms with van der Waals surface area (Å²) in [7, 11) is 1.53. The molecule has 1 aromatic rings. The van der Waals surface area contributed by atoms with E-state index in [1.54, 1.807) is 12.1 Å². The summed E-state index contributed by atoms with van der Waals surface area (Å²) in [5.74, 6) is -0.598. The van der Waals surface area contributed by atoms with Crippen molar-refractivity contribution in [2.45, 2.75) is 56.9 Å². The van der Waals surface area contributed by atoms with Gasteiger partial charge >= 0.3 is 6.03 Å². The van der Waals surface area contributed by atoms with Crippen LogP contribution in [0.25, 0.3) is 0 Å². The molecule has 1 unspecified atom stereocenters. The molecule has 4 rings (SSSR count). The van der Waals surface area contributed by atoms with Gasteiger partial charge in [-0.05, 0) is 62.1 Å². The molecule has 2 aliphatic heterocycles. The van der Waals surface area contributed by atoms with E-state index < -0.39 is 11.6 Å². The number of likely N-dealkylation sites (tertiary alicyclic amines) is 1. The van der Waals surface area contributed by atoms with Crippen LogP contribution in [0.2, 0.25) is 0 Å². The molecule has 2 saturated heterocycles. The van der Waals surface area contributed by atoms with Crippen LogP contribution in [0.15, 0.2) is 35.9 Å². The highest BCUT2D eigenvalue weighted by Crippen LogP contribution is 2.37. The fourth-order valence-electron chi connectivity index (χ4n) is 5.49. The molecule has 34 heavy (non-hydrogen) atoms. The first-order valence-electron chi connectivity index (χ1n) is 12.3. The Balaban J connectivity index is 1.49. The highest BCUT2D eigenvalue weighted by Gasteiger charge is 2.55. The summed E-state index contributed by atoms with van der Waals surface area (Å²) in [5, 5.41) is 2.99. The van der Waals surface area contributed by atoms with E-state index in [0.717, 1.165) is 24.8 Å². The first-order chi connectivity index (χ1) is 16.4. The number of benzene rings is 1. The van der Waals surface area contributed by atoms with E-state index in [2.05, 4.69) is 11.4 Å². The number of ether oxygens (including phenoxy) is 1. The van der Waals surface area contributed by atoms with Crippen molar-refractivity contribution in [3.05, 3.63) is 47.3 Å². The van der Waals surface area contributed by atoms with Gasteiger partial charge in [-0.1, -0.05) is 23.8 Å². The van der Waals surface area contributed by atoms with Crippen LogP contribution in [0.5, 0.6) is 0 Å². The number of nitrogens with one attached hydrogen (secondary N) is 1. The van der Waals surface area contributed by atoms with Crippen molar-refractivity contribution in [2.75, 3.05) is 33.4 Å². The molecule has 1 N–H and O–H groups in total. The van der Waals surface area contributed by atoms with Gasteiger partial charge < -0.3 is 15.0 Å². The molecule has 2 heterocycles. The third-order valence-corrected chi connectivity index (χ3v) is 7.43. The highest BCUT2D eigenvalue weighted by atomic mass is 19.1. The number of methoxy groups -OCH3 is 1. The molecule has 0 spiro atoms. The number of amides is 4. The van der Waals surface area contributed by atoms with Crippen LogP contribution in [0.4, 0.5) is 9.18 Å². The zero-order chi connectivity index (χ0) is 24.1. The molecule has 184 valence electrons. The number of nitrogens with zero attached hydrogens (tertiary/aromatic N) is 2. The molecule has 0 radical (unpaired) electrons. The quantitative estimate of drug-likeness (QED) is 0.465. The molecule has 0 saturated carbocycles. The summed E-state index contributed by atoms with van der Waals surface area (Å²) >= 11 is 0. The third kappa shape index (κ3) is 5.17. The Bertz CT molecular complexity index is 940. The lowest BCUT2D eigenvalue weighted by molar-refractivity contribution is -0.136. The van der Waals surface area contributed by atoms with E-state index in [9.17, 15) is 18.8 Å².